The number of nitrogens with zero attached hydrogens (tertiary/aromatic N) is 1. The lowest BCUT2D eigenvalue weighted by atomic mass is 9.88. The van der Waals surface area contributed by atoms with Gasteiger partial charge >= 0.3 is 0 Å². The Morgan fingerprint density at radius 2 is 1.85 bits per heavy atom. The number of hydrogen-bond acceptors (Lipinski definition) is 3. The predicted molar refractivity (Wildman–Crippen MR) is 112 cm³/mol. The minimum Gasteiger partial charge on any atom is -0.354 e. The molecule has 1 N–H and O–H groups in total. The van der Waals surface area contributed by atoms with Crippen molar-refractivity contribution in [3.8, 4) is 0 Å². The van der Waals surface area contributed by atoms with E-state index in [0.29, 0.717) is 23.8 Å². The molecule has 1 saturated heterocycles. The Kier molecular flexibility index (Phi) is 7.62. The molecule has 1 heterocycles. The van der Waals surface area contributed by atoms with E-state index in [2.05, 4.69) is 12.2 Å². The molecule has 1 saturated carbocycles. The van der Waals surface area contributed by atoms with Crippen molar-refractivity contribution in [3.63, 3.8) is 0 Å². The van der Waals surface area contributed by atoms with E-state index in [1.807, 2.05) is 35.2 Å². The van der Waals surface area contributed by atoms with E-state index < -0.39 is 0 Å². The molecule has 4 nitrogen and oxygen atoms in total. The van der Waals surface area contributed by atoms with Crippen LogP contribution in [0.4, 0.5) is 0 Å². The van der Waals surface area contributed by atoms with E-state index in [-0.39, 0.29) is 23.2 Å². The van der Waals surface area contributed by atoms with Crippen LogP contribution in [0.5, 0.6) is 0 Å². The SMILES string of the molecule is CCCCCNC(=O)[C@@H]1CS[C@H](C2CCCCC2)N1C(=O)c1ccccc1. The third-order valence-corrected chi connectivity index (χ3v) is 7.19. The highest BCUT2D eigenvalue weighted by Gasteiger charge is 2.44. The maximum atomic E-state index is 13.3. The summed E-state index contributed by atoms with van der Waals surface area (Å²) in [5.74, 6) is 1.24. The zero-order valence-corrected chi connectivity index (χ0v) is 17.2. The van der Waals surface area contributed by atoms with Crippen molar-refractivity contribution in [2.24, 2.45) is 5.92 Å². The molecule has 1 aliphatic carbocycles. The van der Waals surface area contributed by atoms with Gasteiger partial charge in [0.15, 0.2) is 0 Å². The number of nitrogens with one attached hydrogen (secondary N) is 1. The Balaban J connectivity index is 1.75. The Hall–Kier alpha value is -1.49. The van der Waals surface area contributed by atoms with Crippen molar-refractivity contribution in [3.05, 3.63) is 35.9 Å². The van der Waals surface area contributed by atoms with Gasteiger partial charge in [-0.15, -0.1) is 11.8 Å². The molecular weight excluding hydrogens is 356 g/mol. The summed E-state index contributed by atoms with van der Waals surface area (Å²) in [7, 11) is 0. The average Bonchev–Trinajstić information content (AvgIpc) is 3.17. The first-order valence-corrected chi connectivity index (χ1v) is 11.5. The molecule has 2 aliphatic rings. The molecule has 0 radical (unpaired) electrons. The van der Waals surface area contributed by atoms with Crippen LogP contribution < -0.4 is 5.32 Å². The second-order valence-corrected chi connectivity index (χ2v) is 8.86. The van der Waals surface area contributed by atoms with E-state index in [4.69, 9.17) is 0 Å². The summed E-state index contributed by atoms with van der Waals surface area (Å²) in [5.41, 5.74) is 0.685. The van der Waals surface area contributed by atoms with Gasteiger partial charge in [-0.3, -0.25) is 9.59 Å². The Bertz CT molecular complexity index is 616. The zero-order chi connectivity index (χ0) is 19.1. The van der Waals surface area contributed by atoms with Crippen LogP contribution in [0.2, 0.25) is 0 Å². The van der Waals surface area contributed by atoms with Gasteiger partial charge in [-0.25, -0.2) is 0 Å². The fourth-order valence-electron chi connectivity index (χ4n) is 4.20. The topological polar surface area (TPSA) is 49.4 Å². The van der Waals surface area contributed by atoms with E-state index >= 15 is 0 Å². The monoisotopic (exact) mass is 388 g/mol. The fraction of sp³-hybridized carbons (Fsp3) is 0.636. The van der Waals surface area contributed by atoms with Crippen LogP contribution in [-0.2, 0) is 4.79 Å². The third-order valence-electron chi connectivity index (χ3n) is 5.73. The van der Waals surface area contributed by atoms with Gasteiger partial charge in [-0.05, 0) is 37.3 Å². The molecule has 1 aromatic carbocycles. The lowest BCUT2D eigenvalue weighted by molar-refractivity contribution is -0.125. The van der Waals surface area contributed by atoms with Gasteiger partial charge in [-0.2, -0.15) is 0 Å². The molecule has 0 unspecified atom stereocenters. The van der Waals surface area contributed by atoms with Crippen molar-refractivity contribution in [1.29, 1.82) is 0 Å². The molecule has 2 fully saturated rings. The van der Waals surface area contributed by atoms with Crippen molar-refractivity contribution in [1.82, 2.24) is 10.2 Å². The lowest BCUT2D eigenvalue weighted by Crippen LogP contribution is -2.51. The van der Waals surface area contributed by atoms with Gasteiger partial charge in [0.25, 0.3) is 5.91 Å². The highest BCUT2D eigenvalue weighted by atomic mass is 32.2. The summed E-state index contributed by atoms with van der Waals surface area (Å²) in [5, 5.41) is 3.20. The number of unbranched alkanes of at least 4 members (excludes halogenated alkanes) is 2. The zero-order valence-electron chi connectivity index (χ0n) is 16.4. The van der Waals surface area contributed by atoms with Crippen molar-refractivity contribution in [2.75, 3.05) is 12.3 Å². The van der Waals surface area contributed by atoms with Gasteiger partial charge in [0.2, 0.25) is 5.91 Å². The first-order valence-electron chi connectivity index (χ1n) is 10.5. The summed E-state index contributed by atoms with van der Waals surface area (Å²) in [4.78, 5) is 28.1. The Morgan fingerprint density at radius 1 is 1.11 bits per heavy atom. The second-order valence-electron chi connectivity index (χ2n) is 7.71. The van der Waals surface area contributed by atoms with Gasteiger partial charge < -0.3 is 10.2 Å². The van der Waals surface area contributed by atoms with Crippen molar-refractivity contribution >= 4 is 23.6 Å². The molecule has 1 aliphatic heterocycles. The van der Waals surface area contributed by atoms with E-state index in [1.54, 1.807) is 11.8 Å². The van der Waals surface area contributed by atoms with E-state index in [9.17, 15) is 9.59 Å². The standard InChI is InChI=1S/C22H32N2O2S/c1-2-3-10-15-23-20(25)19-16-27-22(18-13-8-5-9-14-18)24(19)21(26)17-11-6-4-7-12-17/h4,6-7,11-12,18-19,22H,2-3,5,8-10,13-16H2,1H3,(H,23,25)/t19-,22+/m0/s1. The van der Waals surface area contributed by atoms with Crippen LogP contribution in [0, 0.1) is 5.92 Å². The van der Waals surface area contributed by atoms with Gasteiger partial charge in [0.1, 0.15) is 6.04 Å². The molecule has 148 valence electrons. The molecule has 0 spiro atoms. The Morgan fingerprint density at radius 3 is 2.56 bits per heavy atom. The minimum atomic E-state index is -0.351. The van der Waals surface area contributed by atoms with E-state index in [1.165, 1.54) is 32.1 Å². The molecule has 2 atom stereocenters. The first-order chi connectivity index (χ1) is 13.2. The molecular formula is C22H32N2O2S. The summed E-state index contributed by atoms with van der Waals surface area (Å²) >= 11 is 1.80. The number of carbonyl (C=O) groups excluding carboxylic acids is 2. The van der Waals surface area contributed by atoms with Crippen LogP contribution in [0.15, 0.2) is 30.3 Å². The van der Waals surface area contributed by atoms with Crippen molar-refractivity contribution in [2.45, 2.75) is 69.7 Å². The van der Waals surface area contributed by atoms with Crippen LogP contribution in [-0.4, -0.2) is 40.4 Å². The van der Waals surface area contributed by atoms with E-state index in [0.717, 1.165) is 19.3 Å². The fourth-order valence-corrected chi connectivity index (χ4v) is 5.84. The van der Waals surface area contributed by atoms with Gasteiger partial charge in [0, 0.05) is 17.9 Å². The largest absolute Gasteiger partial charge is 0.354 e. The normalized spacial score (nSPS) is 23.4. The van der Waals surface area contributed by atoms with Crippen LogP contribution in [0.1, 0.15) is 68.6 Å². The molecule has 0 aromatic heterocycles. The molecule has 2 amide bonds. The Labute approximate surface area is 167 Å². The van der Waals surface area contributed by atoms with Crippen LogP contribution in [0.25, 0.3) is 0 Å². The lowest BCUT2D eigenvalue weighted by Gasteiger charge is -2.35. The minimum absolute atomic E-state index is 0.00452. The highest BCUT2D eigenvalue weighted by Crippen LogP contribution is 2.41. The molecule has 0 bridgehead atoms. The number of hydrogen-bond donors (Lipinski definition) is 1. The number of carbonyl (C=O) groups is 2. The molecule has 3 rings (SSSR count). The highest BCUT2D eigenvalue weighted by molar-refractivity contribution is 8.00. The smallest absolute Gasteiger partial charge is 0.255 e. The first kappa shape index (κ1) is 20.2. The summed E-state index contributed by atoms with van der Waals surface area (Å²) in [6.45, 7) is 2.86. The molecule has 27 heavy (non-hydrogen) atoms. The number of benzene rings is 1. The number of thioether (sulfide) groups is 1. The predicted octanol–water partition coefficient (Wildman–Crippen LogP) is 4.46. The van der Waals surface area contributed by atoms with Crippen LogP contribution >= 0.6 is 11.8 Å². The summed E-state index contributed by atoms with van der Waals surface area (Å²) in [6.07, 6.45) is 9.37. The quantitative estimate of drug-likeness (QED) is 0.702. The van der Waals surface area contributed by atoms with Crippen LogP contribution in [0.3, 0.4) is 0 Å². The number of rotatable bonds is 7. The third kappa shape index (κ3) is 5.07. The average molecular weight is 389 g/mol. The summed E-state index contributed by atoms with van der Waals surface area (Å²) < 4.78 is 0. The molecule has 1 aromatic rings. The van der Waals surface area contributed by atoms with Gasteiger partial charge in [0.05, 0.1) is 5.37 Å². The summed E-state index contributed by atoms with van der Waals surface area (Å²) in [6, 6.07) is 9.08. The molecule has 5 heteroatoms. The van der Waals surface area contributed by atoms with Crippen molar-refractivity contribution < 1.29 is 9.59 Å². The maximum absolute atomic E-state index is 13.3. The van der Waals surface area contributed by atoms with Gasteiger partial charge in [-0.1, -0.05) is 57.2 Å². The second kappa shape index (κ2) is 10.2. The number of amides is 2. The maximum Gasteiger partial charge on any atom is 0.255 e.